The molecule has 0 aromatic heterocycles. The minimum Gasteiger partial charge on any atom is -0.375 e. The number of ether oxygens (including phenoxy) is 1. The number of hydrogen-bond donors (Lipinski definition) is 0. The Morgan fingerprint density at radius 1 is 0.469 bits per heavy atom. The van der Waals surface area contributed by atoms with Crippen LogP contribution in [0.2, 0.25) is 0 Å². The van der Waals surface area contributed by atoms with Crippen LogP contribution in [0.25, 0.3) is 0 Å². The van der Waals surface area contributed by atoms with Crippen LogP contribution >= 0.6 is 0 Å². The van der Waals surface area contributed by atoms with Crippen molar-refractivity contribution in [1.29, 1.82) is 0 Å². The molecule has 3 aliphatic rings. The summed E-state index contributed by atoms with van der Waals surface area (Å²) in [7, 11) is 0. The van der Waals surface area contributed by atoms with Crippen LogP contribution in [-0.2, 0) is 4.74 Å². The number of hydrogen-bond acceptors (Lipinski definition) is 1. The third-order valence-corrected chi connectivity index (χ3v) is 9.43. The van der Waals surface area contributed by atoms with E-state index in [0.29, 0.717) is 12.2 Å². The fourth-order valence-electron chi connectivity index (χ4n) is 8.41. The molecule has 32 heavy (non-hydrogen) atoms. The Morgan fingerprint density at radius 2 is 0.906 bits per heavy atom. The smallest absolute Gasteiger partial charge is 0.0584 e. The summed E-state index contributed by atoms with van der Waals surface area (Å²) in [4.78, 5) is 0. The first-order valence-corrected chi connectivity index (χ1v) is 15.3. The quantitative estimate of drug-likeness (QED) is 0.290. The minimum absolute atomic E-state index is 0.568. The second-order valence-corrected chi connectivity index (χ2v) is 12.5. The Hall–Kier alpha value is -0.0400. The van der Waals surface area contributed by atoms with Gasteiger partial charge in [0.1, 0.15) is 0 Å². The lowest BCUT2D eigenvalue weighted by molar-refractivity contribution is -0.0761. The van der Waals surface area contributed by atoms with Gasteiger partial charge in [0, 0.05) is 0 Å². The van der Waals surface area contributed by atoms with Gasteiger partial charge in [0.15, 0.2) is 0 Å². The molecule has 0 spiro atoms. The fraction of sp³-hybridized carbons (Fsp3) is 1.00. The number of rotatable bonds is 12. The summed E-state index contributed by atoms with van der Waals surface area (Å²) in [5.41, 5.74) is 0. The molecule has 0 heterocycles. The van der Waals surface area contributed by atoms with Crippen molar-refractivity contribution >= 4 is 0 Å². The van der Waals surface area contributed by atoms with Gasteiger partial charge < -0.3 is 4.74 Å². The Morgan fingerprint density at radius 3 is 1.41 bits per heavy atom. The van der Waals surface area contributed by atoms with Crippen LogP contribution in [0.5, 0.6) is 0 Å². The Bertz CT molecular complexity index is 417. The highest BCUT2D eigenvalue weighted by Crippen LogP contribution is 2.43. The molecular weight excluding hydrogens is 388 g/mol. The molecule has 3 aliphatic carbocycles. The summed E-state index contributed by atoms with van der Waals surface area (Å²) in [6, 6.07) is 0. The van der Waals surface area contributed by atoms with Crippen molar-refractivity contribution < 1.29 is 4.74 Å². The van der Waals surface area contributed by atoms with Gasteiger partial charge in [0.2, 0.25) is 0 Å². The normalized spacial score (nSPS) is 38.6. The van der Waals surface area contributed by atoms with E-state index in [-0.39, 0.29) is 0 Å². The maximum absolute atomic E-state index is 6.92. The van der Waals surface area contributed by atoms with Crippen molar-refractivity contribution in [3.63, 3.8) is 0 Å². The van der Waals surface area contributed by atoms with Gasteiger partial charge in [-0.3, -0.25) is 0 Å². The van der Waals surface area contributed by atoms with E-state index in [4.69, 9.17) is 4.74 Å². The van der Waals surface area contributed by atoms with E-state index in [2.05, 4.69) is 27.7 Å². The summed E-state index contributed by atoms with van der Waals surface area (Å²) in [6.07, 6.45) is 28.3. The SMILES string of the molecule is CCCC1CC(CCC)CC(CC2CCCC(OC3CC(CCC)CC(CCC)C3)C2)C1. The molecule has 3 rings (SSSR count). The summed E-state index contributed by atoms with van der Waals surface area (Å²) in [6.45, 7) is 9.52. The maximum Gasteiger partial charge on any atom is 0.0584 e. The average molecular weight is 447 g/mol. The molecule has 0 aromatic carbocycles. The van der Waals surface area contributed by atoms with Crippen molar-refractivity contribution in [2.45, 2.75) is 162 Å². The van der Waals surface area contributed by atoms with Crippen LogP contribution in [0.15, 0.2) is 0 Å². The van der Waals surface area contributed by atoms with Gasteiger partial charge in [0.05, 0.1) is 12.2 Å². The first-order valence-electron chi connectivity index (χ1n) is 15.3. The lowest BCUT2D eigenvalue weighted by atomic mass is 9.68. The van der Waals surface area contributed by atoms with Crippen molar-refractivity contribution in [3.8, 4) is 0 Å². The third kappa shape index (κ3) is 8.63. The van der Waals surface area contributed by atoms with Gasteiger partial charge >= 0.3 is 0 Å². The van der Waals surface area contributed by atoms with E-state index in [9.17, 15) is 0 Å². The molecule has 3 fully saturated rings. The van der Waals surface area contributed by atoms with Gasteiger partial charge in [-0.05, 0) is 93.3 Å². The van der Waals surface area contributed by atoms with Crippen LogP contribution in [-0.4, -0.2) is 12.2 Å². The summed E-state index contributed by atoms with van der Waals surface area (Å²) < 4.78 is 6.92. The maximum atomic E-state index is 6.92. The topological polar surface area (TPSA) is 9.23 Å². The molecule has 3 saturated carbocycles. The summed E-state index contributed by atoms with van der Waals surface area (Å²) in [5, 5.41) is 0. The molecule has 0 amide bonds. The predicted molar refractivity (Wildman–Crippen MR) is 140 cm³/mol. The van der Waals surface area contributed by atoms with Crippen molar-refractivity contribution in [2.24, 2.45) is 35.5 Å². The second-order valence-electron chi connectivity index (χ2n) is 12.5. The molecule has 6 atom stereocenters. The summed E-state index contributed by atoms with van der Waals surface area (Å²) >= 11 is 0. The molecular formula is C31H58O. The monoisotopic (exact) mass is 446 g/mol. The van der Waals surface area contributed by atoms with Crippen molar-refractivity contribution in [2.75, 3.05) is 0 Å². The molecule has 0 radical (unpaired) electrons. The van der Waals surface area contributed by atoms with Gasteiger partial charge in [-0.1, -0.05) is 91.9 Å². The zero-order chi connectivity index (χ0) is 22.8. The lowest BCUT2D eigenvalue weighted by Crippen LogP contribution is -2.34. The van der Waals surface area contributed by atoms with Gasteiger partial charge in [-0.25, -0.2) is 0 Å². The predicted octanol–water partition coefficient (Wildman–Crippen LogP) is 9.97. The molecule has 1 nitrogen and oxygen atoms in total. The molecule has 0 aliphatic heterocycles. The molecule has 0 saturated heterocycles. The van der Waals surface area contributed by atoms with Crippen LogP contribution in [0.1, 0.15) is 150 Å². The van der Waals surface area contributed by atoms with E-state index in [0.717, 1.165) is 35.5 Å². The Kier molecular flexibility index (Phi) is 11.9. The van der Waals surface area contributed by atoms with E-state index in [1.807, 2.05) is 0 Å². The molecule has 0 bridgehead atoms. The molecule has 188 valence electrons. The Balaban J connectivity index is 1.49. The largest absolute Gasteiger partial charge is 0.375 e. The highest BCUT2D eigenvalue weighted by molar-refractivity contribution is 4.85. The minimum atomic E-state index is 0.568. The lowest BCUT2D eigenvalue weighted by Gasteiger charge is -2.40. The molecule has 0 aromatic rings. The highest BCUT2D eigenvalue weighted by Gasteiger charge is 2.34. The van der Waals surface area contributed by atoms with E-state index >= 15 is 0 Å². The van der Waals surface area contributed by atoms with Crippen LogP contribution in [0.3, 0.4) is 0 Å². The van der Waals surface area contributed by atoms with Gasteiger partial charge in [-0.2, -0.15) is 0 Å². The molecule has 1 heteroatoms. The van der Waals surface area contributed by atoms with Crippen molar-refractivity contribution in [3.05, 3.63) is 0 Å². The van der Waals surface area contributed by atoms with E-state index in [1.165, 1.54) is 122 Å². The first-order chi connectivity index (χ1) is 15.6. The highest BCUT2D eigenvalue weighted by atomic mass is 16.5. The third-order valence-electron chi connectivity index (χ3n) is 9.43. The fourth-order valence-corrected chi connectivity index (χ4v) is 8.41. The van der Waals surface area contributed by atoms with Gasteiger partial charge in [-0.15, -0.1) is 0 Å². The van der Waals surface area contributed by atoms with E-state index in [1.54, 1.807) is 0 Å². The van der Waals surface area contributed by atoms with Crippen LogP contribution in [0, 0.1) is 35.5 Å². The van der Waals surface area contributed by atoms with Crippen LogP contribution in [0.4, 0.5) is 0 Å². The average Bonchev–Trinajstić information content (AvgIpc) is 2.75. The molecule has 0 N–H and O–H groups in total. The van der Waals surface area contributed by atoms with Crippen LogP contribution < -0.4 is 0 Å². The van der Waals surface area contributed by atoms with Gasteiger partial charge in [0.25, 0.3) is 0 Å². The zero-order valence-corrected chi connectivity index (χ0v) is 22.5. The van der Waals surface area contributed by atoms with E-state index < -0.39 is 0 Å². The molecule has 6 unspecified atom stereocenters. The second kappa shape index (κ2) is 14.4. The summed E-state index contributed by atoms with van der Waals surface area (Å²) in [5.74, 6) is 5.88. The standard InChI is InChI=1S/C31H58O/c1-5-10-24-16-25(11-6-2)19-29(18-24)20-28-14-9-15-30(21-28)32-31-22-26(12-7-3)17-27(23-31)13-8-4/h24-31H,5-23H2,1-4H3. The zero-order valence-electron chi connectivity index (χ0n) is 22.5. The Labute approximate surface area is 202 Å². The van der Waals surface area contributed by atoms with Crippen molar-refractivity contribution in [1.82, 2.24) is 0 Å². The first kappa shape index (κ1) is 26.6.